The van der Waals surface area contributed by atoms with E-state index in [2.05, 4.69) is 41.5 Å². The minimum absolute atomic E-state index is 0.000953. The first-order chi connectivity index (χ1) is 22.6. The number of imidazole rings is 1. The molecule has 2 bridgehead atoms. The number of nitrogens with zero attached hydrogens (tertiary/aromatic N) is 4. The molecule has 1 aromatic heterocycles. The molecular formula is C37H47F4N5O2. The molecule has 3 saturated heterocycles. The van der Waals surface area contributed by atoms with Crippen LogP contribution in [0.4, 0.5) is 17.6 Å². The highest BCUT2D eigenvalue weighted by molar-refractivity contribution is 5.93. The molecular weight excluding hydrogens is 622 g/mol. The second-order valence-electron chi connectivity index (χ2n) is 15.1. The number of halogens is 4. The number of para-hydroxylation sites is 2. The molecule has 0 radical (unpaired) electrons. The third-order valence-corrected chi connectivity index (χ3v) is 12.0. The van der Waals surface area contributed by atoms with Gasteiger partial charge in [-0.15, -0.1) is 0 Å². The van der Waals surface area contributed by atoms with Crippen molar-refractivity contribution in [3.63, 3.8) is 0 Å². The van der Waals surface area contributed by atoms with Crippen molar-refractivity contribution < 1.29 is 27.2 Å². The van der Waals surface area contributed by atoms with Crippen LogP contribution in [0.25, 0.3) is 11.0 Å². The summed E-state index contributed by atoms with van der Waals surface area (Å²) in [5.41, 5.74) is 0.956. The van der Waals surface area contributed by atoms with E-state index in [0.717, 1.165) is 55.6 Å². The van der Waals surface area contributed by atoms with E-state index in [9.17, 15) is 27.2 Å². The standard InChI is InChI=1S/C37H47F4N5O2/c1-24(2)35(5,43-32(47)37(39,40)41)33(48)44-18-15-36(16-19-44,26-9-8-10-27(38)21-26)17-20-45-28-13-14-34(45,4)23-29(22-28)46-25(3)42-30-11-6-7-12-31(30)46/h6-12,21,24,28-29H,13-20,22-23H2,1-5H3,(H,43,47)/t28-,29+,34?,35?/m1/s1. The van der Waals surface area contributed by atoms with E-state index in [-0.39, 0.29) is 11.4 Å². The fourth-order valence-corrected chi connectivity index (χ4v) is 8.92. The van der Waals surface area contributed by atoms with Gasteiger partial charge in [0.15, 0.2) is 0 Å². The van der Waals surface area contributed by atoms with Gasteiger partial charge in [-0.25, -0.2) is 9.37 Å². The Morgan fingerprint density at radius 2 is 1.75 bits per heavy atom. The lowest BCUT2D eigenvalue weighted by atomic mass is 9.69. The lowest BCUT2D eigenvalue weighted by Crippen LogP contribution is -2.64. The molecule has 11 heteroatoms. The number of nitrogens with one attached hydrogen (secondary N) is 1. The van der Waals surface area contributed by atoms with E-state index in [1.807, 2.05) is 17.4 Å². The zero-order valence-electron chi connectivity index (χ0n) is 28.5. The second-order valence-corrected chi connectivity index (χ2v) is 15.1. The maximum atomic E-state index is 14.7. The predicted molar refractivity (Wildman–Crippen MR) is 177 cm³/mol. The Hall–Kier alpha value is -3.47. The Morgan fingerprint density at radius 3 is 2.40 bits per heavy atom. The largest absolute Gasteiger partial charge is 0.471 e. The van der Waals surface area contributed by atoms with Crippen LogP contribution in [-0.2, 0) is 15.0 Å². The summed E-state index contributed by atoms with van der Waals surface area (Å²) in [4.78, 5) is 34.8. The molecule has 1 N–H and O–H groups in total. The van der Waals surface area contributed by atoms with E-state index in [0.29, 0.717) is 38.0 Å². The van der Waals surface area contributed by atoms with Crippen LogP contribution in [0.1, 0.15) is 90.1 Å². The van der Waals surface area contributed by atoms with Crippen molar-refractivity contribution in [2.75, 3.05) is 19.6 Å². The summed E-state index contributed by atoms with van der Waals surface area (Å²) in [5.74, 6) is -2.51. The number of likely N-dealkylation sites (tertiary alicyclic amines) is 1. The van der Waals surface area contributed by atoms with Gasteiger partial charge in [0.1, 0.15) is 17.2 Å². The molecule has 7 nitrogen and oxygen atoms in total. The quantitative estimate of drug-likeness (QED) is 0.260. The zero-order chi connectivity index (χ0) is 34.6. The van der Waals surface area contributed by atoms with Crippen molar-refractivity contribution in [1.82, 2.24) is 24.7 Å². The minimum atomic E-state index is -5.10. The number of aromatic nitrogens is 2. The summed E-state index contributed by atoms with van der Waals surface area (Å²) < 4.78 is 56.7. The maximum absolute atomic E-state index is 14.7. The van der Waals surface area contributed by atoms with E-state index < -0.39 is 34.9 Å². The topological polar surface area (TPSA) is 70.5 Å². The molecule has 4 heterocycles. The summed E-state index contributed by atoms with van der Waals surface area (Å²) in [5, 5.41) is 1.99. The molecule has 3 aliphatic rings. The lowest BCUT2D eigenvalue weighted by Gasteiger charge is -2.50. The molecule has 3 aromatic rings. The van der Waals surface area contributed by atoms with Crippen LogP contribution in [0.3, 0.4) is 0 Å². The number of hydrogen-bond acceptors (Lipinski definition) is 4. The Kier molecular flexibility index (Phi) is 8.92. The van der Waals surface area contributed by atoms with Crippen LogP contribution in [-0.4, -0.2) is 74.1 Å². The van der Waals surface area contributed by atoms with Gasteiger partial charge >= 0.3 is 12.1 Å². The van der Waals surface area contributed by atoms with Gasteiger partial charge in [-0.2, -0.15) is 13.2 Å². The highest BCUT2D eigenvalue weighted by atomic mass is 19.4. The number of piperidine rings is 2. The first kappa shape index (κ1) is 34.4. The van der Waals surface area contributed by atoms with E-state index >= 15 is 0 Å². The fraction of sp³-hybridized carbons (Fsp3) is 0.595. The van der Waals surface area contributed by atoms with Gasteiger partial charge in [0.2, 0.25) is 5.91 Å². The Bertz CT molecular complexity index is 1680. The third kappa shape index (κ3) is 6.11. The number of alkyl halides is 3. The van der Waals surface area contributed by atoms with Crippen molar-refractivity contribution in [3.8, 4) is 0 Å². The van der Waals surface area contributed by atoms with Crippen LogP contribution in [0.2, 0.25) is 0 Å². The van der Waals surface area contributed by atoms with Crippen LogP contribution in [0.15, 0.2) is 48.5 Å². The molecule has 2 amide bonds. The first-order valence-electron chi connectivity index (χ1n) is 17.2. The van der Waals surface area contributed by atoms with E-state index in [1.165, 1.54) is 18.5 Å². The van der Waals surface area contributed by atoms with Crippen LogP contribution >= 0.6 is 0 Å². The maximum Gasteiger partial charge on any atom is 0.471 e. The number of carbonyl (C=O) groups excluding carboxylic acids is 2. The smallest absolute Gasteiger partial charge is 0.341 e. The van der Waals surface area contributed by atoms with E-state index in [1.54, 1.807) is 30.9 Å². The summed E-state index contributed by atoms with van der Waals surface area (Å²) in [6.45, 7) is 10.5. The Morgan fingerprint density at radius 1 is 1.04 bits per heavy atom. The van der Waals surface area contributed by atoms with Crippen molar-refractivity contribution in [2.24, 2.45) is 5.92 Å². The van der Waals surface area contributed by atoms with Crippen molar-refractivity contribution in [2.45, 2.75) is 114 Å². The number of carbonyl (C=O) groups is 2. The van der Waals surface area contributed by atoms with Gasteiger partial charge in [0, 0.05) is 30.7 Å². The number of aryl methyl sites for hydroxylation is 1. The summed E-state index contributed by atoms with van der Waals surface area (Å²) in [6, 6.07) is 15.8. The molecule has 6 rings (SSSR count). The lowest BCUT2D eigenvalue weighted by molar-refractivity contribution is -0.177. The van der Waals surface area contributed by atoms with E-state index in [4.69, 9.17) is 4.98 Å². The van der Waals surface area contributed by atoms with Gasteiger partial charge in [-0.05, 0) is 113 Å². The molecule has 48 heavy (non-hydrogen) atoms. The molecule has 2 aromatic carbocycles. The van der Waals surface area contributed by atoms with Crippen molar-refractivity contribution in [3.05, 3.63) is 65.7 Å². The molecule has 3 aliphatic heterocycles. The molecule has 4 atom stereocenters. The number of hydrogen-bond donors (Lipinski definition) is 1. The SMILES string of the molecule is Cc1nc2ccccc2n1[C@H]1C[C@H]2CCC(C)(C1)N2CCC1(c2cccc(F)c2)CCN(C(=O)C(C)(NC(=O)C(F)(F)F)C(C)C)CC1. The molecule has 3 fully saturated rings. The third-order valence-electron chi connectivity index (χ3n) is 12.0. The monoisotopic (exact) mass is 669 g/mol. The predicted octanol–water partition coefficient (Wildman–Crippen LogP) is 7.09. The molecule has 0 spiro atoms. The van der Waals surface area contributed by atoms with Crippen LogP contribution < -0.4 is 5.32 Å². The molecule has 0 aliphatic carbocycles. The van der Waals surface area contributed by atoms with Crippen molar-refractivity contribution >= 4 is 22.8 Å². The van der Waals surface area contributed by atoms with Gasteiger partial charge in [-0.3, -0.25) is 14.5 Å². The molecule has 0 saturated carbocycles. The highest BCUT2D eigenvalue weighted by Crippen LogP contribution is 2.50. The zero-order valence-corrected chi connectivity index (χ0v) is 28.5. The minimum Gasteiger partial charge on any atom is -0.341 e. The first-order valence-corrected chi connectivity index (χ1v) is 17.2. The summed E-state index contributed by atoms with van der Waals surface area (Å²) in [6.07, 6.45) is 1.03. The normalized spacial score (nSPS) is 25.8. The Labute approximate surface area is 280 Å². The fourth-order valence-electron chi connectivity index (χ4n) is 8.92. The second kappa shape index (κ2) is 12.4. The van der Waals surface area contributed by atoms with Gasteiger partial charge in [-0.1, -0.05) is 38.1 Å². The number of amides is 2. The van der Waals surface area contributed by atoms with Crippen LogP contribution in [0, 0.1) is 18.7 Å². The highest BCUT2D eigenvalue weighted by Gasteiger charge is 2.52. The van der Waals surface area contributed by atoms with Crippen LogP contribution in [0.5, 0.6) is 0 Å². The van der Waals surface area contributed by atoms with Crippen molar-refractivity contribution in [1.29, 1.82) is 0 Å². The van der Waals surface area contributed by atoms with Gasteiger partial charge < -0.3 is 14.8 Å². The number of fused-ring (bicyclic) bond motifs is 3. The average Bonchev–Trinajstić information content (AvgIpc) is 3.47. The van der Waals surface area contributed by atoms with Gasteiger partial charge in [0.05, 0.1) is 11.0 Å². The summed E-state index contributed by atoms with van der Waals surface area (Å²) >= 11 is 0. The Balaban J connectivity index is 1.20. The number of benzene rings is 2. The number of rotatable bonds is 8. The molecule has 260 valence electrons. The average molecular weight is 670 g/mol. The summed E-state index contributed by atoms with van der Waals surface area (Å²) in [7, 11) is 0. The molecule has 2 unspecified atom stereocenters. The van der Waals surface area contributed by atoms with Gasteiger partial charge in [0.25, 0.3) is 0 Å².